The standard InChI is InChI=1S/C28H29N5O7S/c1-39-22-12-15(33-41(2,37)38)8-10-20(22)32-23-16-5-3-4-6-18(16)30-24-17-11-14(7-9-19(17)31-25(23)24)29-28-27(36)26(35)21(34)13-40-28/h3-12,21,26-29,31,33-36H,13H2,1-2H3,(H,30,32)/t21-,26-,27+,28?/m1/s1. The van der Waals surface area contributed by atoms with E-state index in [0.717, 1.165) is 39.3 Å². The molecule has 7 N–H and O–H groups in total. The molecule has 5 aromatic rings. The second-order valence-electron chi connectivity index (χ2n) is 9.97. The number of benzene rings is 3. The molecule has 6 rings (SSSR count). The van der Waals surface area contributed by atoms with Crippen molar-refractivity contribution in [3.8, 4) is 5.75 Å². The predicted molar refractivity (Wildman–Crippen MR) is 157 cm³/mol. The first kappa shape index (κ1) is 27.1. The van der Waals surface area contributed by atoms with Crippen molar-refractivity contribution in [1.29, 1.82) is 0 Å². The van der Waals surface area contributed by atoms with Gasteiger partial charge in [-0.15, -0.1) is 0 Å². The number of nitrogens with one attached hydrogen (secondary N) is 4. The number of sulfonamides is 1. The van der Waals surface area contributed by atoms with Gasteiger partial charge in [0.05, 0.1) is 53.6 Å². The van der Waals surface area contributed by atoms with Crippen molar-refractivity contribution in [1.82, 2.24) is 9.97 Å². The zero-order chi connectivity index (χ0) is 28.9. The minimum Gasteiger partial charge on any atom is -0.494 e. The SMILES string of the molecule is COc1cc(NS(C)(=O)=O)ccc1Nc1c2ccccc2nc2c1[nH]c1ccc(NC3OC[C@@H](O)[C@@H](O)[C@@H]3O)cc12. The summed E-state index contributed by atoms with van der Waals surface area (Å²) in [6.07, 6.45) is -3.62. The number of anilines is 4. The third kappa shape index (κ3) is 5.21. The molecule has 41 heavy (non-hydrogen) atoms. The van der Waals surface area contributed by atoms with Crippen molar-refractivity contribution in [3.63, 3.8) is 0 Å². The monoisotopic (exact) mass is 579 g/mol. The van der Waals surface area contributed by atoms with E-state index in [4.69, 9.17) is 14.5 Å². The normalized spacial score (nSPS) is 21.3. The number of aromatic nitrogens is 2. The van der Waals surface area contributed by atoms with Gasteiger partial charge >= 0.3 is 0 Å². The smallest absolute Gasteiger partial charge is 0.229 e. The summed E-state index contributed by atoms with van der Waals surface area (Å²) in [6, 6.07) is 18.2. The number of para-hydroxylation sites is 1. The van der Waals surface area contributed by atoms with Gasteiger partial charge in [0.1, 0.15) is 24.1 Å². The Bertz CT molecular complexity index is 1880. The maximum absolute atomic E-state index is 11.7. The number of pyridine rings is 1. The van der Waals surface area contributed by atoms with E-state index < -0.39 is 34.6 Å². The second kappa shape index (κ2) is 10.4. The zero-order valence-electron chi connectivity index (χ0n) is 22.1. The Morgan fingerprint density at radius 1 is 1.00 bits per heavy atom. The number of hydrogen-bond donors (Lipinski definition) is 7. The molecule has 1 unspecified atom stereocenters. The Balaban J connectivity index is 1.43. The Labute approximate surface area is 235 Å². The third-order valence-corrected chi connectivity index (χ3v) is 7.61. The lowest BCUT2D eigenvalue weighted by atomic mass is 10.0. The molecule has 12 nitrogen and oxygen atoms in total. The van der Waals surface area contributed by atoms with Crippen molar-refractivity contribution < 1.29 is 33.2 Å². The highest BCUT2D eigenvalue weighted by Crippen LogP contribution is 2.39. The highest BCUT2D eigenvalue weighted by molar-refractivity contribution is 7.92. The molecule has 0 spiro atoms. The molecule has 0 bridgehead atoms. The number of aromatic amines is 1. The van der Waals surface area contributed by atoms with Crippen molar-refractivity contribution in [2.24, 2.45) is 0 Å². The fourth-order valence-corrected chi connectivity index (χ4v) is 5.59. The fourth-order valence-electron chi connectivity index (χ4n) is 5.04. The first-order chi connectivity index (χ1) is 19.6. The van der Waals surface area contributed by atoms with E-state index in [0.29, 0.717) is 28.3 Å². The van der Waals surface area contributed by atoms with Crippen LogP contribution in [0.5, 0.6) is 5.75 Å². The molecular weight excluding hydrogens is 550 g/mol. The summed E-state index contributed by atoms with van der Waals surface area (Å²) in [5.74, 6) is 0.439. The van der Waals surface area contributed by atoms with Gasteiger partial charge in [0.25, 0.3) is 0 Å². The molecule has 4 atom stereocenters. The van der Waals surface area contributed by atoms with Crippen molar-refractivity contribution >= 4 is 65.6 Å². The number of aliphatic hydroxyl groups is 3. The first-order valence-corrected chi connectivity index (χ1v) is 14.7. The lowest BCUT2D eigenvalue weighted by Gasteiger charge is -2.35. The molecule has 0 aliphatic carbocycles. The van der Waals surface area contributed by atoms with Gasteiger partial charge < -0.3 is 40.4 Å². The van der Waals surface area contributed by atoms with Gasteiger partial charge in [-0.05, 0) is 36.4 Å². The number of ether oxygens (including phenoxy) is 2. The molecule has 1 saturated heterocycles. The number of nitrogens with zero attached hydrogens (tertiary/aromatic N) is 1. The van der Waals surface area contributed by atoms with E-state index in [2.05, 4.69) is 20.3 Å². The quantitative estimate of drug-likeness (QED) is 0.152. The second-order valence-corrected chi connectivity index (χ2v) is 11.7. The topological polar surface area (TPSA) is 178 Å². The van der Waals surface area contributed by atoms with Crippen LogP contribution in [0, 0.1) is 0 Å². The van der Waals surface area contributed by atoms with Crippen molar-refractivity contribution in [2.75, 3.05) is 35.3 Å². The molecule has 13 heteroatoms. The highest BCUT2D eigenvalue weighted by Gasteiger charge is 2.37. The minimum absolute atomic E-state index is 0.109. The number of rotatable bonds is 7. The lowest BCUT2D eigenvalue weighted by molar-refractivity contribution is -0.178. The number of hydrogen-bond acceptors (Lipinski definition) is 10. The van der Waals surface area contributed by atoms with Crippen LogP contribution in [0.25, 0.3) is 32.8 Å². The maximum atomic E-state index is 11.7. The summed E-state index contributed by atoms with van der Waals surface area (Å²) in [7, 11) is -1.95. The molecule has 2 aromatic heterocycles. The largest absolute Gasteiger partial charge is 0.494 e. The maximum Gasteiger partial charge on any atom is 0.229 e. The van der Waals surface area contributed by atoms with Crippen molar-refractivity contribution in [2.45, 2.75) is 24.5 Å². The first-order valence-electron chi connectivity index (χ1n) is 12.8. The molecule has 1 fully saturated rings. The number of methoxy groups -OCH3 is 1. The van der Waals surface area contributed by atoms with Crippen LogP contribution >= 0.6 is 0 Å². The summed E-state index contributed by atoms with van der Waals surface area (Å²) < 4.78 is 36.9. The van der Waals surface area contributed by atoms with Gasteiger partial charge in [-0.1, -0.05) is 18.2 Å². The van der Waals surface area contributed by atoms with Gasteiger partial charge in [-0.2, -0.15) is 0 Å². The Hall–Kier alpha value is -4.14. The van der Waals surface area contributed by atoms with E-state index in [9.17, 15) is 23.7 Å². The Kier molecular flexibility index (Phi) is 6.83. The third-order valence-electron chi connectivity index (χ3n) is 7.00. The van der Waals surface area contributed by atoms with E-state index >= 15 is 0 Å². The molecular formula is C28H29N5O7S. The van der Waals surface area contributed by atoms with Crippen LogP contribution in [-0.2, 0) is 14.8 Å². The Morgan fingerprint density at radius 2 is 1.78 bits per heavy atom. The number of fused-ring (bicyclic) bond motifs is 4. The summed E-state index contributed by atoms with van der Waals surface area (Å²) >= 11 is 0. The van der Waals surface area contributed by atoms with Crippen molar-refractivity contribution in [3.05, 3.63) is 60.7 Å². The molecule has 0 saturated carbocycles. The van der Waals surface area contributed by atoms with Crippen LogP contribution in [0.1, 0.15) is 0 Å². The predicted octanol–water partition coefficient (Wildman–Crippen LogP) is 2.84. The molecule has 0 amide bonds. The summed E-state index contributed by atoms with van der Waals surface area (Å²) in [6.45, 7) is -0.109. The average Bonchev–Trinajstić information content (AvgIpc) is 3.30. The number of aliphatic hydroxyl groups excluding tert-OH is 3. The van der Waals surface area contributed by atoms with Crippen LogP contribution in [0.15, 0.2) is 60.7 Å². The number of H-pyrrole nitrogens is 1. The van der Waals surface area contributed by atoms with Crippen LogP contribution in [-0.4, -0.2) is 78.2 Å². The molecule has 0 radical (unpaired) electrons. The molecule has 3 heterocycles. The van der Waals surface area contributed by atoms with Crippen LogP contribution < -0.4 is 20.1 Å². The van der Waals surface area contributed by atoms with Gasteiger partial charge in [0, 0.05) is 28.0 Å². The molecule has 1 aliphatic heterocycles. The van der Waals surface area contributed by atoms with E-state index in [1.54, 1.807) is 18.2 Å². The van der Waals surface area contributed by atoms with Gasteiger partial charge in [-0.25, -0.2) is 13.4 Å². The summed E-state index contributed by atoms with van der Waals surface area (Å²) in [5.41, 5.74) is 5.38. The van der Waals surface area contributed by atoms with E-state index in [-0.39, 0.29) is 6.61 Å². The summed E-state index contributed by atoms with van der Waals surface area (Å²) in [5, 5.41) is 38.4. The zero-order valence-corrected chi connectivity index (χ0v) is 22.9. The van der Waals surface area contributed by atoms with Crippen LogP contribution in [0.3, 0.4) is 0 Å². The Morgan fingerprint density at radius 3 is 2.56 bits per heavy atom. The van der Waals surface area contributed by atoms with Crippen LogP contribution in [0.2, 0.25) is 0 Å². The minimum atomic E-state index is -3.46. The molecule has 3 aromatic carbocycles. The van der Waals surface area contributed by atoms with Gasteiger partial charge in [0.15, 0.2) is 6.23 Å². The van der Waals surface area contributed by atoms with E-state index in [1.807, 2.05) is 42.5 Å². The summed E-state index contributed by atoms with van der Waals surface area (Å²) in [4.78, 5) is 8.38. The highest BCUT2D eigenvalue weighted by atomic mass is 32.2. The average molecular weight is 580 g/mol. The van der Waals surface area contributed by atoms with Gasteiger partial charge in [-0.3, -0.25) is 4.72 Å². The molecule has 214 valence electrons. The van der Waals surface area contributed by atoms with Gasteiger partial charge in [0.2, 0.25) is 10.0 Å². The fraction of sp³-hybridized carbons (Fsp3) is 0.250. The molecule has 1 aliphatic rings. The van der Waals surface area contributed by atoms with E-state index in [1.165, 1.54) is 7.11 Å². The lowest BCUT2D eigenvalue weighted by Crippen LogP contribution is -2.55. The van der Waals surface area contributed by atoms with Crippen LogP contribution in [0.4, 0.5) is 22.7 Å².